The van der Waals surface area contributed by atoms with Gasteiger partial charge in [0.05, 0.1) is 11.3 Å². The van der Waals surface area contributed by atoms with Gasteiger partial charge in [0.15, 0.2) is 0 Å². The summed E-state index contributed by atoms with van der Waals surface area (Å²) >= 11 is 3.37. The van der Waals surface area contributed by atoms with Crippen molar-refractivity contribution in [3.05, 3.63) is 82.3 Å². The molecule has 0 unspecified atom stereocenters. The Morgan fingerprint density at radius 3 is 2.43 bits per heavy atom. The van der Waals surface area contributed by atoms with E-state index in [4.69, 9.17) is 0 Å². The SMILES string of the molecule is CC(=NNC(=O)c1ccccc1Br)c1ccc2ccccc2c1. The van der Waals surface area contributed by atoms with Crippen LogP contribution < -0.4 is 5.43 Å². The lowest BCUT2D eigenvalue weighted by molar-refractivity contribution is 0.0954. The number of hydrogen-bond acceptors (Lipinski definition) is 2. The molecule has 114 valence electrons. The lowest BCUT2D eigenvalue weighted by Crippen LogP contribution is -2.19. The van der Waals surface area contributed by atoms with Crippen LogP contribution >= 0.6 is 15.9 Å². The molecule has 0 spiro atoms. The molecular weight excluding hydrogens is 352 g/mol. The lowest BCUT2D eigenvalue weighted by Gasteiger charge is -2.06. The molecule has 0 bridgehead atoms. The molecule has 0 aromatic heterocycles. The van der Waals surface area contributed by atoms with Crippen molar-refractivity contribution in [2.45, 2.75) is 6.92 Å². The predicted molar refractivity (Wildman–Crippen MR) is 97.8 cm³/mol. The highest BCUT2D eigenvalue weighted by Gasteiger charge is 2.08. The molecule has 1 N–H and O–H groups in total. The van der Waals surface area contributed by atoms with Crippen LogP contribution in [0.15, 0.2) is 76.3 Å². The molecule has 0 aliphatic rings. The first-order chi connectivity index (χ1) is 11.1. The standard InChI is InChI=1S/C19H15BrN2O/c1-13(15-11-10-14-6-2-3-7-16(14)12-15)21-22-19(23)17-8-4-5-9-18(17)20/h2-12H,1H3,(H,22,23). The first kappa shape index (κ1) is 15.4. The van der Waals surface area contributed by atoms with Gasteiger partial charge in [0.25, 0.3) is 5.91 Å². The van der Waals surface area contributed by atoms with Gasteiger partial charge >= 0.3 is 0 Å². The zero-order chi connectivity index (χ0) is 16.2. The molecule has 4 heteroatoms. The summed E-state index contributed by atoms with van der Waals surface area (Å²) < 4.78 is 0.746. The Morgan fingerprint density at radius 1 is 0.957 bits per heavy atom. The van der Waals surface area contributed by atoms with E-state index in [0.717, 1.165) is 21.1 Å². The maximum Gasteiger partial charge on any atom is 0.272 e. The Labute approximate surface area is 143 Å². The number of hydrazone groups is 1. The van der Waals surface area contributed by atoms with Crippen LogP contribution in [0.5, 0.6) is 0 Å². The summed E-state index contributed by atoms with van der Waals surface area (Å²) in [6, 6.07) is 21.5. The van der Waals surface area contributed by atoms with Gasteiger partial charge in [-0.25, -0.2) is 5.43 Å². The van der Waals surface area contributed by atoms with Crippen molar-refractivity contribution in [2.75, 3.05) is 0 Å². The van der Waals surface area contributed by atoms with Crippen LogP contribution in [0.3, 0.4) is 0 Å². The molecule has 0 saturated carbocycles. The third-order valence-electron chi connectivity index (χ3n) is 3.61. The molecule has 0 atom stereocenters. The minimum absolute atomic E-state index is 0.238. The quantitative estimate of drug-likeness (QED) is 0.527. The van der Waals surface area contributed by atoms with E-state index in [2.05, 4.69) is 50.7 Å². The number of hydrogen-bond donors (Lipinski definition) is 1. The second kappa shape index (κ2) is 6.75. The summed E-state index contributed by atoms with van der Waals surface area (Å²) in [4.78, 5) is 12.2. The number of rotatable bonds is 3. The second-order valence-electron chi connectivity index (χ2n) is 5.18. The van der Waals surface area contributed by atoms with Crippen molar-refractivity contribution in [1.82, 2.24) is 5.43 Å². The molecule has 1 amide bonds. The van der Waals surface area contributed by atoms with E-state index in [0.29, 0.717) is 5.56 Å². The van der Waals surface area contributed by atoms with Gasteiger partial charge in [-0.05, 0) is 57.4 Å². The van der Waals surface area contributed by atoms with Crippen molar-refractivity contribution in [3.8, 4) is 0 Å². The maximum atomic E-state index is 12.2. The predicted octanol–water partition coefficient (Wildman–Crippen LogP) is 4.76. The van der Waals surface area contributed by atoms with E-state index in [9.17, 15) is 4.79 Å². The van der Waals surface area contributed by atoms with Crippen molar-refractivity contribution < 1.29 is 4.79 Å². The van der Waals surface area contributed by atoms with Gasteiger partial charge in [-0.1, -0.05) is 48.5 Å². The number of fused-ring (bicyclic) bond motifs is 1. The highest BCUT2D eigenvalue weighted by Crippen LogP contribution is 2.17. The summed E-state index contributed by atoms with van der Waals surface area (Å²) in [7, 11) is 0. The summed E-state index contributed by atoms with van der Waals surface area (Å²) in [5.41, 5.74) is 4.91. The molecule has 0 aliphatic heterocycles. The highest BCUT2D eigenvalue weighted by atomic mass is 79.9. The van der Waals surface area contributed by atoms with Gasteiger partial charge in [0.1, 0.15) is 0 Å². The summed E-state index contributed by atoms with van der Waals surface area (Å²) in [5.74, 6) is -0.238. The minimum atomic E-state index is -0.238. The third kappa shape index (κ3) is 3.48. The monoisotopic (exact) mass is 366 g/mol. The maximum absolute atomic E-state index is 12.2. The Balaban J connectivity index is 1.81. The third-order valence-corrected chi connectivity index (χ3v) is 4.30. The molecule has 0 radical (unpaired) electrons. The van der Waals surface area contributed by atoms with Crippen LogP contribution in [0.25, 0.3) is 10.8 Å². The van der Waals surface area contributed by atoms with Gasteiger partial charge < -0.3 is 0 Å². The molecule has 0 fully saturated rings. The highest BCUT2D eigenvalue weighted by molar-refractivity contribution is 9.10. The Hall–Kier alpha value is -2.46. The minimum Gasteiger partial charge on any atom is -0.267 e. The van der Waals surface area contributed by atoms with Crippen LogP contribution in [0.2, 0.25) is 0 Å². The first-order valence-electron chi connectivity index (χ1n) is 7.23. The van der Waals surface area contributed by atoms with Gasteiger partial charge in [-0.3, -0.25) is 4.79 Å². The average molecular weight is 367 g/mol. The Kier molecular flexibility index (Phi) is 4.53. The number of amides is 1. The zero-order valence-electron chi connectivity index (χ0n) is 12.6. The van der Waals surface area contributed by atoms with E-state index < -0.39 is 0 Å². The van der Waals surface area contributed by atoms with E-state index in [-0.39, 0.29) is 5.91 Å². The number of nitrogens with zero attached hydrogens (tertiary/aromatic N) is 1. The molecule has 0 saturated heterocycles. The van der Waals surface area contributed by atoms with E-state index in [1.165, 1.54) is 5.39 Å². The number of halogens is 1. The lowest BCUT2D eigenvalue weighted by atomic mass is 10.0. The molecule has 3 aromatic rings. The molecular formula is C19H15BrN2O. The van der Waals surface area contributed by atoms with Crippen molar-refractivity contribution in [3.63, 3.8) is 0 Å². The summed E-state index contributed by atoms with van der Waals surface area (Å²) in [6.45, 7) is 1.88. The van der Waals surface area contributed by atoms with E-state index >= 15 is 0 Å². The van der Waals surface area contributed by atoms with Crippen LogP contribution in [-0.4, -0.2) is 11.6 Å². The second-order valence-corrected chi connectivity index (χ2v) is 6.03. The van der Waals surface area contributed by atoms with Crippen LogP contribution in [0.4, 0.5) is 0 Å². The number of carbonyl (C=O) groups excluding carboxylic acids is 1. The Morgan fingerprint density at radius 2 is 1.65 bits per heavy atom. The van der Waals surface area contributed by atoms with Gasteiger partial charge in [0.2, 0.25) is 0 Å². The van der Waals surface area contributed by atoms with Crippen molar-refractivity contribution in [1.29, 1.82) is 0 Å². The fourth-order valence-corrected chi connectivity index (χ4v) is 2.78. The molecule has 0 aliphatic carbocycles. The fraction of sp³-hybridized carbons (Fsp3) is 0.0526. The average Bonchev–Trinajstić information content (AvgIpc) is 2.59. The normalized spacial score (nSPS) is 11.5. The number of nitrogens with one attached hydrogen (secondary N) is 1. The Bertz CT molecular complexity index is 903. The van der Waals surface area contributed by atoms with Crippen molar-refractivity contribution in [2.24, 2.45) is 5.10 Å². The topological polar surface area (TPSA) is 41.5 Å². The molecule has 3 rings (SSSR count). The van der Waals surface area contributed by atoms with Crippen molar-refractivity contribution >= 4 is 38.3 Å². The van der Waals surface area contributed by atoms with Gasteiger partial charge in [-0.15, -0.1) is 0 Å². The molecule has 3 nitrogen and oxygen atoms in total. The van der Waals surface area contributed by atoms with Crippen LogP contribution in [-0.2, 0) is 0 Å². The van der Waals surface area contributed by atoms with Gasteiger partial charge in [-0.2, -0.15) is 5.10 Å². The smallest absolute Gasteiger partial charge is 0.267 e. The van der Waals surface area contributed by atoms with E-state index in [1.54, 1.807) is 6.07 Å². The fourth-order valence-electron chi connectivity index (χ4n) is 2.32. The molecule has 3 aromatic carbocycles. The first-order valence-corrected chi connectivity index (χ1v) is 8.03. The van der Waals surface area contributed by atoms with E-state index in [1.807, 2.05) is 43.3 Å². The van der Waals surface area contributed by atoms with Gasteiger partial charge in [0, 0.05) is 4.47 Å². The summed E-state index contributed by atoms with van der Waals surface area (Å²) in [6.07, 6.45) is 0. The number of benzene rings is 3. The summed E-state index contributed by atoms with van der Waals surface area (Å²) in [5, 5.41) is 6.55. The largest absolute Gasteiger partial charge is 0.272 e. The van der Waals surface area contributed by atoms with Crippen LogP contribution in [0.1, 0.15) is 22.8 Å². The zero-order valence-corrected chi connectivity index (χ0v) is 14.2. The number of carbonyl (C=O) groups is 1. The molecule has 0 heterocycles. The molecule has 23 heavy (non-hydrogen) atoms. The van der Waals surface area contributed by atoms with Crippen LogP contribution in [0, 0.1) is 0 Å².